The van der Waals surface area contributed by atoms with E-state index in [0.717, 1.165) is 24.9 Å². The molecule has 0 unspecified atom stereocenters. The molecule has 0 N–H and O–H groups in total. The van der Waals surface area contributed by atoms with Crippen molar-refractivity contribution in [3.63, 3.8) is 0 Å². The Labute approximate surface area is 98.8 Å². The highest BCUT2D eigenvalue weighted by Gasteiger charge is 2.29. The van der Waals surface area contributed by atoms with Gasteiger partial charge in [-0.15, -0.1) is 0 Å². The van der Waals surface area contributed by atoms with Gasteiger partial charge in [-0.2, -0.15) is 0 Å². The van der Waals surface area contributed by atoms with Crippen LogP contribution in [0.1, 0.15) is 32.6 Å². The summed E-state index contributed by atoms with van der Waals surface area (Å²) >= 11 is 0. The molecule has 2 heterocycles. The lowest BCUT2D eigenvalue weighted by Gasteiger charge is -2.39. The standard InChI is InChI=1S/C13H24N2O/c1-11(16)15-9-5-13(6-10-15)12-3-7-14(2)8-4-12/h12-13H,3-10H2,1-2H3. The molecule has 2 rings (SSSR count). The second kappa shape index (κ2) is 5.17. The highest BCUT2D eigenvalue weighted by atomic mass is 16.2. The summed E-state index contributed by atoms with van der Waals surface area (Å²) in [5, 5.41) is 0. The number of carbonyl (C=O) groups excluding carboxylic acids is 1. The maximum Gasteiger partial charge on any atom is 0.219 e. The summed E-state index contributed by atoms with van der Waals surface area (Å²) in [6.45, 7) is 6.20. The molecule has 1 amide bonds. The number of amides is 1. The van der Waals surface area contributed by atoms with Gasteiger partial charge in [0.2, 0.25) is 5.91 Å². The average Bonchev–Trinajstić information content (AvgIpc) is 2.30. The van der Waals surface area contributed by atoms with Crippen LogP contribution in [0.2, 0.25) is 0 Å². The van der Waals surface area contributed by atoms with Gasteiger partial charge in [-0.25, -0.2) is 0 Å². The average molecular weight is 224 g/mol. The minimum Gasteiger partial charge on any atom is -0.343 e. The molecule has 0 aromatic carbocycles. The van der Waals surface area contributed by atoms with E-state index in [-0.39, 0.29) is 5.91 Å². The fourth-order valence-electron chi connectivity index (χ4n) is 3.19. The Balaban J connectivity index is 1.78. The summed E-state index contributed by atoms with van der Waals surface area (Å²) in [7, 11) is 2.22. The van der Waals surface area contributed by atoms with Gasteiger partial charge in [-0.1, -0.05) is 0 Å². The summed E-state index contributed by atoms with van der Waals surface area (Å²) in [6.07, 6.45) is 5.18. The fraction of sp³-hybridized carbons (Fsp3) is 0.923. The molecule has 2 aliphatic rings. The number of rotatable bonds is 1. The Bertz CT molecular complexity index is 238. The van der Waals surface area contributed by atoms with E-state index in [1.165, 1.54) is 38.8 Å². The van der Waals surface area contributed by atoms with E-state index in [0.29, 0.717) is 0 Å². The van der Waals surface area contributed by atoms with E-state index in [1.54, 1.807) is 6.92 Å². The molecule has 92 valence electrons. The van der Waals surface area contributed by atoms with Crippen LogP contribution < -0.4 is 0 Å². The van der Waals surface area contributed by atoms with Gasteiger partial charge in [-0.05, 0) is 57.7 Å². The topological polar surface area (TPSA) is 23.6 Å². The Hall–Kier alpha value is -0.570. The van der Waals surface area contributed by atoms with Crippen LogP contribution in [0.15, 0.2) is 0 Å². The number of likely N-dealkylation sites (tertiary alicyclic amines) is 2. The van der Waals surface area contributed by atoms with Gasteiger partial charge in [0.05, 0.1) is 0 Å². The molecule has 0 saturated carbocycles. The summed E-state index contributed by atoms with van der Waals surface area (Å²) in [4.78, 5) is 15.7. The van der Waals surface area contributed by atoms with Crippen molar-refractivity contribution in [1.82, 2.24) is 9.80 Å². The molecular weight excluding hydrogens is 200 g/mol. The lowest BCUT2D eigenvalue weighted by molar-refractivity contribution is -0.130. The third kappa shape index (κ3) is 2.76. The molecule has 0 radical (unpaired) electrons. The van der Waals surface area contributed by atoms with Crippen LogP contribution >= 0.6 is 0 Å². The van der Waals surface area contributed by atoms with Crippen LogP contribution in [0.5, 0.6) is 0 Å². The Morgan fingerprint density at radius 3 is 1.81 bits per heavy atom. The van der Waals surface area contributed by atoms with Crippen molar-refractivity contribution in [3.05, 3.63) is 0 Å². The largest absolute Gasteiger partial charge is 0.343 e. The van der Waals surface area contributed by atoms with Crippen molar-refractivity contribution in [2.45, 2.75) is 32.6 Å². The van der Waals surface area contributed by atoms with Crippen molar-refractivity contribution in [2.24, 2.45) is 11.8 Å². The monoisotopic (exact) mass is 224 g/mol. The van der Waals surface area contributed by atoms with Gasteiger partial charge in [0.1, 0.15) is 0 Å². The van der Waals surface area contributed by atoms with Gasteiger partial charge < -0.3 is 9.80 Å². The molecule has 0 aromatic heterocycles. The fourth-order valence-corrected chi connectivity index (χ4v) is 3.19. The molecule has 2 fully saturated rings. The first-order chi connectivity index (χ1) is 7.66. The van der Waals surface area contributed by atoms with E-state index < -0.39 is 0 Å². The Morgan fingerprint density at radius 2 is 1.38 bits per heavy atom. The van der Waals surface area contributed by atoms with E-state index >= 15 is 0 Å². The van der Waals surface area contributed by atoms with Gasteiger partial charge in [0.25, 0.3) is 0 Å². The quantitative estimate of drug-likeness (QED) is 0.675. The first-order valence-corrected chi connectivity index (χ1v) is 6.61. The normalized spacial score (nSPS) is 26.0. The van der Waals surface area contributed by atoms with Crippen LogP contribution in [0.4, 0.5) is 0 Å². The maximum atomic E-state index is 11.2. The lowest BCUT2D eigenvalue weighted by Crippen LogP contribution is -2.41. The lowest BCUT2D eigenvalue weighted by atomic mass is 9.79. The van der Waals surface area contributed by atoms with E-state index in [9.17, 15) is 4.79 Å². The van der Waals surface area contributed by atoms with Crippen molar-refractivity contribution in [1.29, 1.82) is 0 Å². The van der Waals surface area contributed by atoms with Gasteiger partial charge in [-0.3, -0.25) is 4.79 Å². The summed E-state index contributed by atoms with van der Waals surface area (Å²) < 4.78 is 0. The van der Waals surface area contributed by atoms with E-state index in [1.807, 2.05) is 4.90 Å². The predicted molar refractivity (Wildman–Crippen MR) is 65.2 cm³/mol. The summed E-state index contributed by atoms with van der Waals surface area (Å²) in [5.41, 5.74) is 0. The second-order valence-electron chi connectivity index (χ2n) is 5.48. The SMILES string of the molecule is CC(=O)N1CCC(C2CCN(C)CC2)CC1. The minimum atomic E-state index is 0.252. The molecule has 3 heteroatoms. The first-order valence-electron chi connectivity index (χ1n) is 6.61. The second-order valence-corrected chi connectivity index (χ2v) is 5.48. The van der Waals surface area contributed by atoms with Crippen molar-refractivity contribution >= 4 is 5.91 Å². The minimum absolute atomic E-state index is 0.252. The molecule has 3 nitrogen and oxygen atoms in total. The summed E-state index contributed by atoms with van der Waals surface area (Å²) in [6, 6.07) is 0. The van der Waals surface area contributed by atoms with Crippen LogP contribution in [0.3, 0.4) is 0 Å². The zero-order valence-electron chi connectivity index (χ0n) is 10.6. The maximum absolute atomic E-state index is 11.2. The molecular formula is C13H24N2O. The smallest absolute Gasteiger partial charge is 0.219 e. The molecule has 0 aliphatic carbocycles. The van der Waals surface area contributed by atoms with Crippen LogP contribution in [0, 0.1) is 11.8 Å². The van der Waals surface area contributed by atoms with Crippen molar-refractivity contribution in [3.8, 4) is 0 Å². The van der Waals surface area contributed by atoms with Gasteiger partial charge >= 0.3 is 0 Å². The number of nitrogens with zero attached hydrogens (tertiary/aromatic N) is 2. The number of hydrogen-bond donors (Lipinski definition) is 0. The van der Waals surface area contributed by atoms with E-state index in [4.69, 9.17) is 0 Å². The third-order valence-electron chi connectivity index (χ3n) is 4.41. The van der Waals surface area contributed by atoms with Crippen LogP contribution in [0.25, 0.3) is 0 Å². The number of piperidine rings is 2. The van der Waals surface area contributed by atoms with Crippen molar-refractivity contribution < 1.29 is 4.79 Å². The van der Waals surface area contributed by atoms with E-state index in [2.05, 4.69) is 11.9 Å². The third-order valence-corrected chi connectivity index (χ3v) is 4.41. The van der Waals surface area contributed by atoms with Gasteiger partial charge in [0.15, 0.2) is 0 Å². The summed E-state index contributed by atoms with van der Waals surface area (Å²) in [5.74, 6) is 2.05. The molecule has 2 aliphatic heterocycles. The highest BCUT2D eigenvalue weighted by Crippen LogP contribution is 2.31. The molecule has 0 atom stereocenters. The number of hydrogen-bond acceptors (Lipinski definition) is 2. The molecule has 16 heavy (non-hydrogen) atoms. The van der Waals surface area contributed by atoms with Crippen LogP contribution in [-0.2, 0) is 4.79 Å². The number of carbonyl (C=O) groups is 1. The Morgan fingerprint density at radius 1 is 0.938 bits per heavy atom. The molecule has 0 spiro atoms. The van der Waals surface area contributed by atoms with Gasteiger partial charge in [0, 0.05) is 20.0 Å². The van der Waals surface area contributed by atoms with Crippen molar-refractivity contribution in [2.75, 3.05) is 33.2 Å². The first kappa shape index (κ1) is 11.9. The van der Waals surface area contributed by atoms with Crippen LogP contribution in [-0.4, -0.2) is 48.9 Å². The zero-order valence-corrected chi connectivity index (χ0v) is 10.6. The highest BCUT2D eigenvalue weighted by molar-refractivity contribution is 5.73. The Kier molecular flexibility index (Phi) is 3.85. The zero-order chi connectivity index (χ0) is 11.5. The predicted octanol–water partition coefficient (Wildman–Crippen LogP) is 1.59. The molecule has 2 saturated heterocycles. The molecule has 0 aromatic rings. The molecule has 0 bridgehead atoms.